The fourth-order valence-electron chi connectivity index (χ4n) is 2.85. The fraction of sp³-hybridized carbons (Fsp3) is 0.294. The number of benzene rings is 1. The Kier molecular flexibility index (Phi) is 4.61. The summed E-state index contributed by atoms with van der Waals surface area (Å²) in [7, 11) is 1.27. The lowest BCUT2D eigenvalue weighted by Gasteiger charge is -2.08. The molecule has 1 aromatic carbocycles. The molecule has 2 N–H and O–H groups in total. The number of hydrogen-bond acceptors (Lipinski definition) is 5. The van der Waals surface area contributed by atoms with E-state index in [0.717, 1.165) is 0 Å². The van der Waals surface area contributed by atoms with Crippen LogP contribution in [0.2, 0.25) is 0 Å². The number of imidazole rings is 1. The minimum absolute atomic E-state index is 0.173. The van der Waals surface area contributed by atoms with E-state index in [-0.39, 0.29) is 23.6 Å². The second-order valence-electron chi connectivity index (χ2n) is 5.70. The number of nitrogens with one attached hydrogen (secondary N) is 2. The average molecular weight is 357 g/mol. The highest BCUT2D eigenvalue weighted by Crippen LogP contribution is 2.21. The third-order valence-corrected chi connectivity index (χ3v) is 4.05. The van der Waals surface area contributed by atoms with Crippen molar-refractivity contribution >= 4 is 28.6 Å². The number of para-hydroxylation sites is 2. The predicted octanol–water partition coefficient (Wildman–Crippen LogP) is 1.28. The molecule has 136 valence electrons. The zero-order valence-corrected chi connectivity index (χ0v) is 14.7. The number of methoxy groups -OCH3 is 1. The molecule has 2 heterocycles. The zero-order valence-electron chi connectivity index (χ0n) is 14.7. The molecular weight excluding hydrogens is 338 g/mol. The third kappa shape index (κ3) is 2.99. The van der Waals surface area contributed by atoms with Crippen molar-refractivity contribution in [2.24, 2.45) is 0 Å². The number of anilines is 1. The van der Waals surface area contributed by atoms with Crippen LogP contribution in [0.4, 0.5) is 5.69 Å². The highest BCUT2D eigenvalue weighted by Gasteiger charge is 2.23. The minimum atomic E-state index is -0.591. The summed E-state index contributed by atoms with van der Waals surface area (Å²) in [5, 5.41) is 6.92. The van der Waals surface area contributed by atoms with Crippen molar-refractivity contribution in [2.45, 2.75) is 26.9 Å². The van der Waals surface area contributed by atoms with Crippen molar-refractivity contribution in [2.75, 3.05) is 12.4 Å². The molecule has 9 nitrogen and oxygen atoms in total. The van der Waals surface area contributed by atoms with Gasteiger partial charge in [0, 0.05) is 6.54 Å². The van der Waals surface area contributed by atoms with Crippen molar-refractivity contribution in [1.29, 1.82) is 0 Å². The summed E-state index contributed by atoms with van der Waals surface area (Å²) < 4.78 is 7.59. The van der Waals surface area contributed by atoms with E-state index in [1.54, 1.807) is 31.2 Å². The third-order valence-electron chi connectivity index (χ3n) is 4.05. The molecule has 3 aromatic rings. The molecule has 0 aliphatic carbocycles. The molecule has 0 fully saturated rings. The Hall–Kier alpha value is -3.36. The van der Waals surface area contributed by atoms with Crippen molar-refractivity contribution in [3.05, 3.63) is 46.1 Å². The summed E-state index contributed by atoms with van der Waals surface area (Å²) in [6.07, 6.45) is 0. The van der Waals surface area contributed by atoms with Crippen molar-refractivity contribution in [1.82, 2.24) is 19.3 Å². The maximum atomic E-state index is 12.5. The number of carbonyl (C=O) groups is 2. The van der Waals surface area contributed by atoms with Crippen LogP contribution >= 0.6 is 0 Å². The first-order valence-electron chi connectivity index (χ1n) is 8.09. The maximum Gasteiger partial charge on any atom is 0.358 e. The Morgan fingerprint density at radius 1 is 1.31 bits per heavy atom. The van der Waals surface area contributed by atoms with Crippen molar-refractivity contribution < 1.29 is 14.3 Å². The number of esters is 1. The van der Waals surface area contributed by atoms with E-state index in [0.29, 0.717) is 23.3 Å². The predicted molar refractivity (Wildman–Crippen MR) is 95.2 cm³/mol. The summed E-state index contributed by atoms with van der Waals surface area (Å²) in [4.78, 5) is 39.4. The number of H-pyrrole nitrogens is 1. The zero-order chi connectivity index (χ0) is 18.8. The minimum Gasteiger partial charge on any atom is -0.464 e. The second-order valence-corrected chi connectivity index (χ2v) is 5.70. The number of hydrogen-bond donors (Lipinski definition) is 2. The Bertz CT molecular complexity index is 1040. The van der Waals surface area contributed by atoms with Gasteiger partial charge in [-0.1, -0.05) is 12.1 Å². The number of fused-ring (bicyclic) bond motifs is 1. The first kappa shape index (κ1) is 17.5. The standard InChI is InChI=1S/C17H19N5O4/c1-4-22-15(16(24)26-3)14(10(2)20-22)19-13(23)9-21-12-8-6-5-7-11(12)18-17(21)25/h5-8H,4,9H2,1-3H3,(H,18,25)(H,19,23). The Labute approximate surface area is 148 Å². The first-order chi connectivity index (χ1) is 12.5. The van der Waals surface area contributed by atoms with E-state index in [9.17, 15) is 14.4 Å². The van der Waals surface area contributed by atoms with Gasteiger partial charge < -0.3 is 15.0 Å². The van der Waals surface area contributed by atoms with Gasteiger partial charge in [0.15, 0.2) is 5.69 Å². The quantitative estimate of drug-likeness (QED) is 0.668. The number of aryl methyl sites for hydroxylation is 2. The Balaban J connectivity index is 1.91. The lowest BCUT2D eigenvalue weighted by Crippen LogP contribution is -2.26. The molecule has 3 rings (SSSR count). The van der Waals surface area contributed by atoms with Crippen LogP contribution < -0.4 is 11.0 Å². The summed E-state index contributed by atoms with van der Waals surface area (Å²) in [6, 6.07) is 7.10. The molecule has 9 heteroatoms. The van der Waals surface area contributed by atoms with Gasteiger partial charge in [-0.05, 0) is 26.0 Å². The van der Waals surface area contributed by atoms with Crippen LogP contribution in [0.3, 0.4) is 0 Å². The first-order valence-corrected chi connectivity index (χ1v) is 8.09. The van der Waals surface area contributed by atoms with Crippen LogP contribution in [0.1, 0.15) is 23.1 Å². The molecule has 0 aliphatic heterocycles. The smallest absolute Gasteiger partial charge is 0.358 e. The van der Waals surface area contributed by atoms with Crippen molar-refractivity contribution in [3.8, 4) is 0 Å². The van der Waals surface area contributed by atoms with E-state index in [2.05, 4.69) is 15.4 Å². The number of amides is 1. The molecule has 0 spiro atoms. The van der Waals surface area contributed by atoms with E-state index in [1.165, 1.54) is 16.4 Å². The molecular formula is C17H19N5O4. The van der Waals surface area contributed by atoms with Crippen LogP contribution in [0.5, 0.6) is 0 Å². The summed E-state index contributed by atoms with van der Waals surface area (Å²) >= 11 is 0. The van der Waals surface area contributed by atoms with Crippen LogP contribution in [-0.2, 0) is 22.6 Å². The number of ether oxygens (including phenoxy) is 1. The number of carbonyl (C=O) groups excluding carboxylic acids is 2. The van der Waals surface area contributed by atoms with Gasteiger partial charge in [-0.2, -0.15) is 5.10 Å². The molecule has 0 saturated carbocycles. The van der Waals surface area contributed by atoms with Crippen LogP contribution in [-0.4, -0.2) is 38.3 Å². The molecule has 0 unspecified atom stereocenters. The SMILES string of the molecule is CCn1nc(C)c(NC(=O)Cn2c(=O)[nH]c3ccccc32)c1C(=O)OC. The molecule has 2 aromatic heterocycles. The Morgan fingerprint density at radius 3 is 2.73 bits per heavy atom. The van der Waals surface area contributed by atoms with Gasteiger partial charge in [-0.15, -0.1) is 0 Å². The van der Waals surface area contributed by atoms with E-state index in [1.807, 2.05) is 6.92 Å². The topological polar surface area (TPSA) is 111 Å². The summed E-state index contributed by atoms with van der Waals surface area (Å²) in [6.45, 7) is 3.77. The van der Waals surface area contributed by atoms with Crippen LogP contribution in [0, 0.1) is 6.92 Å². The number of aromatic nitrogens is 4. The molecule has 0 aliphatic rings. The van der Waals surface area contributed by atoms with Crippen molar-refractivity contribution in [3.63, 3.8) is 0 Å². The number of nitrogens with zero attached hydrogens (tertiary/aromatic N) is 3. The largest absolute Gasteiger partial charge is 0.464 e. The van der Waals surface area contributed by atoms with Gasteiger partial charge in [0.2, 0.25) is 5.91 Å². The normalized spacial score (nSPS) is 10.9. The van der Waals surface area contributed by atoms with E-state index < -0.39 is 11.9 Å². The van der Waals surface area contributed by atoms with Gasteiger partial charge in [0.05, 0.1) is 29.5 Å². The molecule has 26 heavy (non-hydrogen) atoms. The highest BCUT2D eigenvalue weighted by atomic mass is 16.5. The van der Waals surface area contributed by atoms with Crippen LogP contribution in [0.15, 0.2) is 29.1 Å². The van der Waals surface area contributed by atoms with Gasteiger partial charge in [-0.3, -0.25) is 14.0 Å². The monoisotopic (exact) mass is 357 g/mol. The molecule has 0 radical (unpaired) electrons. The highest BCUT2D eigenvalue weighted by molar-refractivity contribution is 6.01. The van der Waals surface area contributed by atoms with E-state index >= 15 is 0 Å². The van der Waals surface area contributed by atoms with E-state index in [4.69, 9.17) is 4.74 Å². The molecule has 0 atom stereocenters. The fourth-order valence-corrected chi connectivity index (χ4v) is 2.85. The van der Waals surface area contributed by atoms with Gasteiger partial charge in [-0.25, -0.2) is 9.59 Å². The lowest BCUT2D eigenvalue weighted by molar-refractivity contribution is -0.116. The van der Waals surface area contributed by atoms with Gasteiger partial charge in [0.25, 0.3) is 0 Å². The number of aromatic amines is 1. The summed E-state index contributed by atoms with van der Waals surface area (Å²) in [5.41, 5.74) is 1.85. The second kappa shape index (κ2) is 6.87. The molecule has 1 amide bonds. The molecule has 0 saturated heterocycles. The lowest BCUT2D eigenvalue weighted by atomic mass is 10.3. The van der Waals surface area contributed by atoms with Gasteiger partial charge in [0.1, 0.15) is 6.54 Å². The number of rotatable bonds is 5. The Morgan fingerprint density at radius 2 is 2.04 bits per heavy atom. The van der Waals surface area contributed by atoms with Gasteiger partial charge >= 0.3 is 11.7 Å². The molecule has 0 bridgehead atoms. The average Bonchev–Trinajstić information content (AvgIpc) is 3.11. The maximum absolute atomic E-state index is 12.5. The van der Waals surface area contributed by atoms with Crippen LogP contribution in [0.25, 0.3) is 11.0 Å². The summed E-state index contributed by atoms with van der Waals surface area (Å²) in [5.74, 6) is -1.03.